The number of benzene rings is 2. The maximum Gasteiger partial charge on any atom is 0.283 e. The second-order valence-electron chi connectivity index (χ2n) is 7.52. The van der Waals surface area contributed by atoms with Crippen LogP contribution in [0.25, 0.3) is 6.08 Å². The minimum absolute atomic E-state index is 0.0253. The molecule has 0 bridgehead atoms. The number of nitrogens with zero attached hydrogens (tertiary/aromatic N) is 3. The van der Waals surface area contributed by atoms with E-state index >= 15 is 0 Å². The Morgan fingerprint density at radius 2 is 1.91 bits per heavy atom. The average Bonchev–Trinajstić information content (AvgIpc) is 3.25. The third-order valence-corrected chi connectivity index (χ3v) is 7.04. The Kier molecular flexibility index (Phi) is 7.74. The van der Waals surface area contributed by atoms with Gasteiger partial charge in [-0.1, -0.05) is 30.7 Å². The van der Waals surface area contributed by atoms with Crippen LogP contribution in [0, 0.1) is 12.3 Å². The third kappa shape index (κ3) is 5.53. The van der Waals surface area contributed by atoms with Crippen LogP contribution in [-0.2, 0) is 4.79 Å². The zero-order chi connectivity index (χ0) is 24.1. The zero-order valence-corrected chi connectivity index (χ0v) is 21.0. The molecule has 0 spiro atoms. The first-order valence-electron chi connectivity index (χ1n) is 11.1. The van der Waals surface area contributed by atoms with E-state index in [4.69, 9.17) is 14.9 Å². The third-order valence-electron chi connectivity index (χ3n) is 5.01. The van der Waals surface area contributed by atoms with Crippen LogP contribution in [0.15, 0.2) is 63.0 Å². The van der Waals surface area contributed by atoms with Crippen LogP contribution in [0.4, 0.5) is 0 Å². The molecule has 2 aromatic carbocycles. The fourth-order valence-electron chi connectivity index (χ4n) is 3.29. The van der Waals surface area contributed by atoms with Gasteiger partial charge in [-0.2, -0.15) is 15.1 Å². The number of aryl methyl sites for hydroxylation is 1. The molecule has 7 nitrogen and oxygen atoms in total. The molecule has 2 aromatic rings. The second-order valence-corrected chi connectivity index (χ2v) is 9.73. The summed E-state index contributed by atoms with van der Waals surface area (Å²) in [7, 11) is 0. The number of fused-ring (bicyclic) bond motifs is 1. The number of carbonyl (C=O) groups is 1. The standard InChI is InChI=1S/C25H26N4O3S2/c1-4-22-28-29-23(26)19(24(30)27-25(29)34-22)14-17-8-11-20(21(15-17)31-5-2)32-12-13-33-18-9-6-16(3)7-10-18/h6-11,14-15,26H,4-5,12-13H2,1-3H3/b19-14-,26-23?. The van der Waals surface area contributed by atoms with Crippen molar-refractivity contribution in [1.82, 2.24) is 5.01 Å². The molecule has 2 aliphatic heterocycles. The van der Waals surface area contributed by atoms with E-state index in [1.54, 1.807) is 17.8 Å². The molecule has 1 amide bonds. The van der Waals surface area contributed by atoms with Gasteiger partial charge in [0, 0.05) is 10.6 Å². The van der Waals surface area contributed by atoms with Gasteiger partial charge in [-0.15, -0.1) is 11.8 Å². The van der Waals surface area contributed by atoms with Crippen LogP contribution in [0.2, 0.25) is 0 Å². The Morgan fingerprint density at radius 3 is 2.65 bits per heavy atom. The molecule has 0 unspecified atom stereocenters. The lowest BCUT2D eigenvalue weighted by Crippen LogP contribution is -2.35. The zero-order valence-electron chi connectivity index (χ0n) is 19.3. The number of rotatable bonds is 9. The first-order valence-corrected chi connectivity index (χ1v) is 12.9. The molecule has 0 aromatic heterocycles. The number of amides is 1. The van der Waals surface area contributed by atoms with Gasteiger partial charge in [0.15, 0.2) is 17.3 Å². The lowest BCUT2D eigenvalue weighted by molar-refractivity contribution is -0.114. The molecule has 0 saturated carbocycles. The summed E-state index contributed by atoms with van der Waals surface area (Å²) < 4.78 is 11.8. The van der Waals surface area contributed by atoms with Gasteiger partial charge in [0.05, 0.1) is 18.8 Å². The van der Waals surface area contributed by atoms with Crippen LogP contribution in [0.1, 0.15) is 31.4 Å². The first kappa shape index (κ1) is 24.1. The van der Waals surface area contributed by atoms with Crippen molar-refractivity contribution >= 4 is 51.6 Å². The maximum absolute atomic E-state index is 12.6. The molecular weight excluding hydrogens is 468 g/mol. The topological polar surface area (TPSA) is 87.3 Å². The van der Waals surface area contributed by atoms with Crippen molar-refractivity contribution in [2.45, 2.75) is 32.1 Å². The minimum Gasteiger partial charge on any atom is -0.490 e. The van der Waals surface area contributed by atoms with Crippen molar-refractivity contribution < 1.29 is 14.3 Å². The highest BCUT2D eigenvalue weighted by atomic mass is 32.2. The van der Waals surface area contributed by atoms with E-state index in [0.29, 0.717) is 29.9 Å². The molecule has 0 atom stereocenters. The van der Waals surface area contributed by atoms with E-state index in [0.717, 1.165) is 22.8 Å². The highest BCUT2D eigenvalue weighted by Gasteiger charge is 2.35. The Bertz CT molecular complexity index is 1190. The van der Waals surface area contributed by atoms with Crippen molar-refractivity contribution in [3.63, 3.8) is 0 Å². The summed E-state index contributed by atoms with van der Waals surface area (Å²) in [6.45, 7) is 6.98. The predicted molar refractivity (Wildman–Crippen MR) is 140 cm³/mol. The number of ether oxygens (including phenoxy) is 2. The van der Waals surface area contributed by atoms with Gasteiger partial charge in [-0.05, 0) is 67.9 Å². The van der Waals surface area contributed by atoms with E-state index in [-0.39, 0.29) is 11.4 Å². The molecule has 34 heavy (non-hydrogen) atoms. The second kappa shape index (κ2) is 10.9. The van der Waals surface area contributed by atoms with E-state index in [1.807, 2.05) is 32.0 Å². The van der Waals surface area contributed by atoms with Crippen LogP contribution < -0.4 is 9.47 Å². The molecule has 1 N–H and O–H groups in total. The molecule has 2 aliphatic rings. The van der Waals surface area contributed by atoms with Gasteiger partial charge in [-0.3, -0.25) is 10.2 Å². The number of carbonyl (C=O) groups excluding carboxylic acids is 1. The SMILES string of the molecule is CCOc1cc(/C=C2/C(=N)N3N=C(CC)SC3=NC2=O)ccc1OCCSc1ccc(C)cc1. The molecule has 0 saturated heterocycles. The quantitative estimate of drug-likeness (QED) is 0.278. The lowest BCUT2D eigenvalue weighted by Gasteiger charge is -2.20. The fourth-order valence-corrected chi connectivity index (χ4v) is 4.84. The van der Waals surface area contributed by atoms with Crippen molar-refractivity contribution in [2.24, 2.45) is 10.1 Å². The number of nitrogens with one attached hydrogen (secondary N) is 1. The van der Waals surface area contributed by atoms with Crippen molar-refractivity contribution in [3.05, 3.63) is 59.2 Å². The molecule has 2 heterocycles. The van der Waals surface area contributed by atoms with E-state index in [1.165, 1.54) is 27.2 Å². The minimum atomic E-state index is -0.442. The number of hydrazone groups is 1. The van der Waals surface area contributed by atoms with Gasteiger partial charge in [0.25, 0.3) is 5.91 Å². The van der Waals surface area contributed by atoms with Crippen LogP contribution in [0.3, 0.4) is 0 Å². The lowest BCUT2D eigenvalue weighted by atomic mass is 10.1. The van der Waals surface area contributed by atoms with Gasteiger partial charge in [0.2, 0.25) is 5.17 Å². The Balaban J connectivity index is 1.46. The molecule has 0 aliphatic carbocycles. The molecule has 0 radical (unpaired) electrons. The predicted octanol–water partition coefficient (Wildman–Crippen LogP) is 5.59. The number of hydrogen-bond donors (Lipinski definition) is 1. The summed E-state index contributed by atoms with van der Waals surface area (Å²) >= 11 is 3.07. The van der Waals surface area contributed by atoms with Crippen LogP contribution in [-0.4, -0.2) is 45.9 Å². The number of amidine groups is 2. The molecule has 176 valence electrons. The Labute approximate surface area is 207 Å². The summed E-state index contributed by atoms with van der Waals surface area (Å²) in [6.07, 6.45) is 2.37. The van der Waals surface area contributed by atoms with Crippen molar-refractivity contribution in [3.8, 4) is 11.5 Å². The summed E-state index contributed by atoms with van der Waals surface area (Å²) in [5.41, 5.74) is 2.16. The molecular formula is C25H26N4O3S2. The normalized spacial score (nSPS) is 16.4. The van der Waals surface area contributed by atoms with E-state index < -0.39 is 5.91 Å². The molecule has 9 heteroatoms. The number of aliphatic imine (C=N–C) groups is 1. The first-order chi connectivity index (χ1) is 16.5. The Hall–Kier alpha value is -3.04. The largest absolute Gasteiger partial charge is 0.490 e. The maximum atomic E-state index is 12.6. The highest BCUT2D eigenvalue weighted by molar-refractivity contribution is 8.26. The molecule has 4 rings (SSSR count). The van der Waals surface area contributed by atoms with Gasteiger partial charge >= 0.3 is 0 Å². The van der Waals surface area contributed by atoms with E-state index in [9.17, 15) is 4.79 Å². The molecule has 0 fully saturated rings. The van der Waals surface area contributed by atoms with Crippen LogP contribution >= 0.6 is 23.5 Å². The van der Waals surface area contributed by atoms with Crippen molar-refractivity contribution in [1.29, 1.82) is 5.41 Å². The smallest absolute Gasteiger partial charge is 0.283 e. The van der Waals surface area contributed by atoms with Crippen molar-refractivity contribution in [2.75, 3.05) is 19.0 Å². The number of hydrogen-bond acceptors (Lipinski definition) is 7. The van der Waals surface area contributed by atoms with E-state index in [2.05, 4.69) is 41.3 Å². The highest BCUT2D eigenvalue weighted by Crippen LogP contribution is 2.32. The van der Waals surface area contributed by atoms with Crippen LogP contribution in [0.5, 0.6) is 11.5 Å². The summed E-state index contributed by atoms with van der Waals surface area (Å²) in [6, 6.07) is 13.9. The van der Waals surface area contributed by atoms with Gasteiger partial charge in [0.1, 0.15) is 5.04 Å². The average molecular weight is 495 g/mol. The van der Waals surface area contributed by atoms with Gasteiger partial charge in [-0.25, -0.2) is 0 Å². The monoisotopic (exact) mass is 494 g/mol. The fraction of sp³-hybridized carbons (Fsp3) is 0.280. The summed E-state index contributed by atoms with van der Waals surface area (Å²) in [5, 5.41) is 15.5. The number of thioether (sulfide) groups is 2. The summed E-state index contributed by atoms with van der Waals surface area (Å²) in [4.78, 5) is 17.9. The summed E-state index contributed by atoms with van der Waals surface area (Å²) in [5.74, 6) is 1.63. The van der Waals surface area contributed by atoms with Gasteiger partial charge < -0.3 is 9.47 Å². The Morgan fingerprint density at radius 1 is 1.12 bits per heavy atom.